The molecule has 0 N–H and O–H groups in total. The molecule has 0 spiro atoms. The van der Waals surface area contributed by atoms with E-state index in [1.807, 2.05) is 6.07 Å². The van der Waals surface area contributed by atoms with Gasteiger partial charge in [0.25, 0.3) is 5.56 Å². The molecule has 0 aliphatic carbocycles. The molecule has 3 nitrogen and oxygen atoms in total. The number of hydrogen-bond acceptors (Lipinski definition) is 2. The summed E-state index contributed by atoms with van der Waals surface area (Å²) in [6.07, 6.45) is 2.99. The summed E-state index contributed by atoms with van der Waals surface area (Å²) >= 11 is 8.89. The molecular weight excluding hydrogens is 255 g/mol. The summed E-state index contributed by atoms with van der Waals surface area (Å²) in [5, 5.41) is 0.121. The summed E-state index contributed by atoms with van der Waals surface area (Å²) < 4.78 is 2.21. The Kier molecular flexibility index (Phi) is 2.09. The molecule has 0 aromatic carbocycles. The first-order valence-corrected chi connectivity index (χ1v) is 4.68. The molecule has 13 heavy (non-hydrogen) atoms. The van der Waals surface area contributed by atoms with Gasteiger partial charge in [-0.1, -0.05) is 11.6 Å². The molecule has 2 aromatic heterocycles. The van der Waals surface area contributed by atoms with Crippen LogP contribution in [-0.4, -0.2) is 9.38 Å². The maximum absolute atomic E-state index is 11.5. The zero-order chi connectivity index (χ0) is 9.42. The van der Waals surface area contributed by atoms with Gasteiger partial charge in [0, 0.05) is 10.7 Å². The predicted molar refractivity (Wildman–Crippen MR) is 54.2 cm³/mol. The van der Waals surface area contributed by atoms with E-state index in [9.17, 15) is 4.79 Å². The van der Waals surface area contributed by atoms with Crippen LogP contribution in [0, 0.1) is 0 Å². The lowest BCUT2D eigenvalue weighted by Gasteiger charge is -1.99. The van der Waals surface area contributed by atoms with Gasteiger partial charge in [-0.2, -0.15) is 0 Å². The third-order valence-electron chi connectivity index (χ3n) is 1.62. The zero-order valence-corrected chi connectivity index (χ0v) is 8.71. The zero-order valence-electron chi connectivity index (χ0n) is 6.37. The Bertz CT molecular complexity index is 518. The lowest BCUT2D eigenvalue weighted by molar-refractivity contribution is 1.04. The van der Waals surface area contributed by atoms with E-state index >= 15 is 0 Å². The van der Waals surface area contributed by atoms with Crippen LogP contribution in [0.1, 0.15) is 0 Å². The molecule has 2 rings (SSSR count). The highest BCUT2D eigenvalue weighted by molar-refractivity contribution is 9.10. The van der Waals surface area contributed by atoms with E-state index in [0.717, 1.165) is 4.47 Å². The lowest BCUT2D eigenvalue weighted by Crippen LogP contribution is -2.14. The minimum absolute atomic E-state index is 0.121. The lowest BCUT2D eigenvalue weighted by atomic mass is 10.4. The second kappa shape index (κ2) is 3.12. The van der Waals surface area contributed by atoms with Gasteiger partial charge < -0.3 is 0 Å². The van der Waals surface area contributed by atoms with Crippen molar-refractivity contribution in [3.8, 4) is 0 Å². The number of nitrogens with zero attached hydrogens (tertiary/aromatic N) is 2. The van der Waals surface area contributed by atoms with Crippen molar-refractivity contribution < 1.29 is 0 Å². The Labute approximate surface area is 87.1 Å². The fourth-order valence-corrected chi connectivity index (χ4v) is 1.50. The van der Waals surface area contributed by atoms with Crippen LogP contribution < -0.4 is 5.56 Å². The molecule has 0 bridgehead atoms. The average molecular weight is 259 g/mol. The van der Waals surface area contributed by atoms with Crippen LogP contribution in [0.15, 0.2) is 33.8 Å². The smallest absolute Gasteiger partial charge is 0.267 e. The van der Waals surface area contributed by atoms with Crippen LogP contribution >= 0.6 is 27.5 Å². The van der Waals surface area contributed by atoms with Crippen LogP contribution in [0.4, 0.5) is 0 Å². The summed E-state index contributed by atoms with van der Waals surface area (Å²) in [5.41, 5.74) is 0.325. The number of halogens is 2. The van der Waals surface area contributed by atoms with Crippen molar-refractivity contribution in [2.24, 2.45) is 0 Å². The van der Waals surface area contributed by atoms with Gasteiger partial charge in [-0.3, -0.25) is 9.20 Å². The Morgan fingerprint density at radius 3 is 3.00 bits per heavy atom. The first-order valence-electron chi connectivity index (χ1n) is 3.51. The van der Waals surface area contributed by atoms with Gasteiger partial charge in [0.1, 0.15) is 10.7 Å². The average Bonchev–Trinajstić information content (AvgIpc) is 2.12. The molecule has 0 atom stereocenters. The quantitative estimate of drug-likeness (QED) is 0.726. The number of hydrogen-bond donors (Lipinski definition) is 0. The van der Waals surface area contributed by atoms with Gasteiger partial charge in [-0.15, -0.1) is 0 Å². The summed E-state index contributed by atoms with van der Waals surface area (Å²) in [6.45, 7) is 0. The molecule has 0 aliphatic heterocycles. The van der Waals surface area contributed by atoms with Crippen molar-refractivity contribution in [2.45, 2.75) is 0 Å². The van der Waals surface area contributed by atoms with E-state index in [-0.39, 0.29) is 10.6 Å². The maximum atomic E-state index is 11.5. The highest BCUT2D eigenvalue weighted by Gasteiger charge is 2.01. The Morgan fingerprint density at radius 1 is 1.46 bits per heavy atom. The van der Waals surface area contributed by atoms with Gasteiger partial charge in [-0.05, 0) is 28.1 Å². The van der Waals surface area contributed by atoms with Gasteiger partial charge in [0.05, 0.1) is 6.20 Å². The molecule has 0 saturated carbocycles. The van der Waals surface area contributed by atoms with Gasteiger partial charge >= 0.3 is 0 Å². The Morgan fingerprint density at radius 2 is 2.23 bits per heavy atom. The molecule has 5 heteroatoms. The van der Waals surface area contributed by atoms with E-state index in [1.165, 1.54) is 10.6 Å². The van der Waals surface area contributed by atoms with Crippen molar-refractivity contribution in [1.82, 2.24) is 9.38 Å². The number of aromatic nitrogens is 2. The number of pyridine rings is 1. The van der Waals surface area contributed by atoms with Crippen LogP contribution in [0.3, 0.4) is 0 Å². The molecule has 0 aliphatic rings. The normalized spacial score (nSPS) is 10.6. The molecule has 0 saturated heterocycles. The monoisotopic (exact) mass is 258 g/mol. The largest absolute Gasteiger partial charge is 0.276 e. The standard InChI is InChI=1S/C8H4BrClN2O/c9-5-1-2-7-11-3-6(10)8(13)12(7)4-5/h1-4H. The Balaban J connectivity index is 2.97. The minimum atomic E-state index is -0.257. The second-order valence-electron chi connectivity index (χ2n) is 2.49. The van der Waals surface area contributed by atoms with Crippen LogP contribution in [-0.2, 0) is 0 Å². The Hall–Kier alpha value is -0.870. The maximum Gasteiger partial charge on any atom is 0.276 e. The van der Waals surface area contributed by atoms with Gasteiger partial charge in [0.15, 0.2) is 0 Å². The predicted octanol–water partition coefficient (Wildman–Crippen LogP) is 2.11. The van der Waals surface area contributed by atoms with Crippen LogP contribution in [0.2, 0.25) is 5.02 Å². The summed E-state index contributed by atoms with van der Waals surface area (Å²) in [6, 6.07) is 3.55. The van der Waals surface area contributed by atoms with E-state index < -0.39 is 0 Å². The SMILES string of the molecule is O=c1c(Cl)cnc2ccc(Br)cn12. The molecule has 0 radical (unpaired) electrons. The van der Waals surface area contributed by atoms with Crippen molar-refractivity contribution in [3.05, 3.63) is 44.4 Å². The topological polar surface area (TPSA) is 34.4 Å². The first-order chi connectivity index (χ1) is 6.18. The molecule has 0 unspecified atom stereocenters. The fraction of sp³-hybridized carbons (Fsp3) is 0. The van der Waals surface area contributed by atoms with Gasteiger partial charge in [-0.25, -0.2) is 4.98 Å². The van der Waals surface area contributed by atoms with Crippen molar-refractivity contribution in [1.29, 1.82) is 0 Å². The number of rotatable bonds is 0. The van der Waals surface area contributed by atoms with E-state index in [4.69, 9.17) is 11.6 Å². The summed E-state index contributed by atoms with van der Waals surface area (Å²) in [4.78, 5) is 15.4. The fourth-order valence-electron chi connectivity index (χ4n) is 1.03. The molecule has 2 heterocycles. The third kappa shape index (κ3) is 1.47. The van der Waals surface area contributed by atoms with Crippen molar-refractivity contribution in [3.63, 3.8) is 0 Å². The molecule has 2 aromatic rings. The molecule has 66 valence electrons. The van der Waals surface area contributed by atoms with E-state index in [2.05, 4.69) is 20.9 Å². The first kappa shape index (κ1) is 8.72. The van der Waals surface area contributed by atoms with Crippen molar-refractivity contribution in [2.75, 3.05) is 0 Å². The van der Waals surface area contributed by atoms with Crippen LogP contribution in [0.25, 0.3) is 5.65 Å². The van der Waals surface area contributed by atoms with E-state index in [0.29, 0.717) is 5.65 Å². The van der Waals surface area contributed by atoms with Crippen LogP contribution in [0.5, 0.6) is 0 Å². The summed E-state index contributed by atoms with van der Waals surface area (Å²) in [7, 11) is 0. The highest BCUT2D eigenvalue weighted by Crippen LogP contribution is 2.09. The molecule has 0 fully saturated rings. The van der Waals surface area contributed by atoms with Crippen molar-refractivity contribution >= 4 is 33.2 Å². The number of fused-ring (bicyclic) bond motifs is 1. The molecule has 0 amide bonds. The minimum Gasteiger partial charge on any atom is -0.267 e. The van der Waals surface area contributed by atoms with Gasteiger partial charge in [0.2, 0.25) is 0 Å². The third-order valence-corrected chi connectivity index (χ3v) is 2.35. The highest BCUT2D eigenvalue weighted by atomic mass is 79.9. The van der Waals surface area contributed by atoms with E-state index in [1.54, 1.807) is 12.3 Å². The molecular formula is C8H4BrClN2O. The summed E-state index contributed by atoms with van der Waals surface area (Å²) in [5.74, 6) is 0. The second-order valence-corrected chi connectivity index (χ2v) is 3.81.